The van der Waals surface area contributed by atoms with Crippen LogP contribution in [0, 0.1) is 5.92 Å². The molecule has 0 saturated carbocycles. The number of nitrogens with zero attached hydrogens (tertiary/aromatic N) is 3. The first-order valence-corrected chi connectivity index (χ1v) is 5.85. The molecule has 5 heteroatoms. The Hall–Kier alpha value is -0.940. The van der Waals surface area contributed by atoms with Crippen LogP contribution < -0.4 is 0 Å². The minimum absolute atomic E-state index is 0.196. The molecule has 1 aliphatic heterocycles. The van der Waals surface area contributed by atoms with Crippen molar-refractivity contribution in [3.8, 4) is 0 Å². The molecule has 5 nitrogen and oxygen atoms in total. The van der Waals surface area contributed by atoms with Crippen LogP contribution in [0.1, 0.15) is 32.0 Å². The lowest BCUT2D eigenvalue weighted by Crippen LogP contribution is -2.21. The maximum absolute atomic E-state index is 9.39. The van der Waals surface area contributed by atoms with Gasteiger partial charge in [-0.3, -0.25) is 4.90 Å². The summed E-state index contributed by atoms with van der Waals surface area (Å²) < 4.78 is 5.18. The van der Waals surface area contributed by atoms with Gasteiger partial charge in [0.1, 0.15) is 0 Å². The molecule has 1 aromatic heterocycles. The molecule has 1 aliphatic rings. The van der Waals surface area contributed by atoms with Crippen molar-refractivity contribution in [2.75, 3.05) is 13.1 Å². The first-order valence-electron chi connectivity index (χ1n) is 5.85. The number of rotatable bonds is 4. The zero-order valence-electron chi connectivity index (χ0n) is 9.89. The maximum Gasteiger partial charge on any atom is 0.240 e. The lowest BCUT2D eigenvalue weighted by molar-refractivity contribution is 0.169. The maximum atomic E-state index is 9.39. The van der Waals surface area contributed by atoms with Crippen molar-refractivity contribution >= 4 is 0 Å². The van der Waals surface area contributed by atoms with Crippen LogP contribution in [0.4, 0.5) is 0 Å². The molecule has 1 saturated heterocycles. The first kappa shape index (κ1) is 11.5. The molecule has 1 N–H and O–H groups in total. The van der Waals surface area contributed by atoms with Crippen molar-refractivity contribution in [1.29, 1.82) is 0 Å². The van der Waals surface area contributed by atoms with Gasteiger partial charge in [0.05, 0.1) is 12.6 Å². The molecule has 0 radical (unpaired) electrons. The summed E-state index contributed by atoms with van der Waals surface area (Å²) in [6.07, 6.45) is 1.50. The van der Waals surface area contributed by atoms with Gasteiger partial charge in [-0.2, -0.15) is 4.98 Å². The van der Waals surface area contributed by atoms with Gasteiger partial charge in [-0.15, -0.1) is 0 Å². The van der Waals surface area contributed by atoms with Gasteiger partial charge < -0.3 is 9.63 Å². The largest absolute Gasteiger partial charge is 0.392 e. The van der Waals surface area contributed by atoms with E-state index in [4.69, 9.17) is 4.52 Å². The van der Waals surface area contributed by atoms with Crippen LogP contribution in [0.5, 0.6) is 0 Å². The summed E-state index contributed by atoms with van der Waals surface area (Å²) in [6.45, 7) is 6.53. The molecule has 1 atom stereocenters. The zero-order chi connectivity index (χ0) is 11.5. The molecule has 0 amide bonds. The van der Waals surface area contributed by atoms with E-state index in [9.17, 15) is 5.11 Å². The van der Waals surface area contributed by atoms with E-state index in [1.54, 1.807) is 0 Å². The Morgan fingerprint density at radius 3 is 3.00 bits per heavy atom. The summed E-state index contributed by atoms with van der Waals surface area (Å²) in [6, 6.07) is 0. The Labute approximate surface area is 95.4 Å². The van der Waals surface area contributed by atoms with Crippen molar-refractivity contribution in [2.45, 2.75) is 39.3 Å². The van der Waals surface area contributed by atoms with E-state index in [1.165, 1.54) is 0 Å². The molecule has 2 heterocycles. The summed E-state index contributed by atoms with van der Waals surface area (Å²) >= 11 is 0. The Balaban J connectivity index is 1.87. The normalized spacial score (nSPS) is 22.1. The summed E-state index contributed by atoms with van der Waals surface area (Å²) in [5.41, 5.74) is 0. The topological polar surface area (TPSA) is 62.4 Å². The van der Waals surface area contributed by atoms with Crippen molar-refractivity contribution in [1.82, 2.24) is 15.0 Å². The highest BCUT2D eigenvalue weighted by Gasteiger charge is 2.22. The standard InChI is InChI=1S/C11H19N3O2/c1-8(2)5-10-12-11(16-13-10)7-14-4-3-9(15)6-14/h8-9,15H,3-7H2,1-2H3/t9-/m1/s1. The molecular formula is C11H19N3O2. The zero-order valence-corrected chi connectivity index (χ0v) is 9.89. The van der Waals surface area contributed by atoms with E-state index < -0.39 is 0 Å². The average Bonchev–Trinajstić information content (AvgIpc) is 2.76. The predicted octanol–water partition coefficient (Wildman–Crippen LogP) is 0.835. The Morgan fingerprint density at radius 1 is 1.56 bits per heavy atom. The third kappa shape index (κ3) is 3.02. The van der Waals surface area contributed by atoms with Crippen LogP contribution >= 0.6 is 0 Å². The van der Waals surface area contributed by atoms with E-state index >= 15 is 0 Å². The SMILES string of the molecule is CC(C)Cc1noc(CN2CC[C@@H](O)C2)n1. The van der Waals surface area contributed by atoms with E-state index in [-0.39, 0.29) is 6.10 Å². The lowest BCUT2D eigenvalue weighted by Gasteiger charge is -2.10. The highest BCUT2D eigenvalue weighted by atomic mass is 16.5. The van der Waals surface area contributed by atoms with Gasteiger partial charge in [0.25, 0.3) is 0 Å². The van der Waals surface area contributed by atoms with Crippen molar-refractivity contribution in [2.24, 2.45) is 5.92 Å². The monoisotopic (exact) mass is 225 g/mol. The molecule has 1 fully saturated rings. The second-order valence-electron chi connectivity index (χ2n) is 4.88. The molecule has 16 heavy (non-hydrogen) atoms. The fourth-order valence-electron chi connectivity index (χ4n) is 1.95. The Morgan fingerprint density at radius 2 is 2.38 bits per heavy atom. The summed E-state index contributed by atoms with van der Waals surface area (Å²) in [4.78, 5) is 6.47. The van der Waals surface area contributed by atoms with Gasteiger partial charge >= 0.3 is 0 Å². The van der Waals surface area contributed by atoms with E-state index in [0.717, 1.165) is 25.2 Å². The van der Waals surface area contributed by atoms with Gasteiger partial charge in [-0.25, -0.2) is 0 Å². The second-order valence-corrected chi connectivity index (χ2v) is 4.88. The van der Waals surface area contributed by atoms with Crippen LogP contribution in [0.2, 0.25) is 0 Å². The van der Waals surface area contributed by atoms with Crippen LogP contribution in [0.25, 0.3) is 0 Å². The number of hydrogen-bond acceptors (Lipinski definition) is 5. The number of aromatic nitrogens is 2. The third-order valence-electron chi connectivity index (χ3n) is 2.71. The molecule has 0 bridgehead atoms. The number of aliphatic hydroxyl groups is 1. The number of aliphatic hydroxyl groups excluding tert-OH is 1. The molecular weight excluding hydrogens is 206 g/mol. The smallest absolute Gasteiger partial charge is 0.240 e. The lowest BCUT2D eigenvalue weighted by atomic mass is 10.1. The fraction of sp³-hybridized carbons (Fsp3) is 0.818. The molecule has 0 spiro atoms. The van der Waals surface area contributed by atoms with Crippen LogP contribution in [0.3, 0.4) is 0 Å². The molecule has 0 aromatic carbocycles. The molecule has 0 unspecified atom stereocenters. The third-order valence-corrected chi connectivity index (χ3v) is 2.71. The minimum Gasteiger partial charge on any atom is -0.392 e. The number of hydrogen-bond donors (Lipinski definition) is 1. The Kier molecular flexibility index (Phi) is 3.56. The number of likely N-dealkylation sites (tertiary alicyclic amines) is 1. The molecule has 90 valence electrons. The van der Waals surface area contributed by atoms with Gasteiger partial charge in [0, 0.05) is 19.5 Å². The first-order chi connectivity index (χ1) is 7.63. The molecule has 1 aromatic rings. The quantitative estimate of drug-likeness (QED) is 0.822. The highest BCUT2D eigenvalue weighted by Crippen LogP contribution is 2.13. The number of β-amino-alcohol motifs (C(OH)–C–C–N with tert-alkyl or cyclic N) is 1. The van der Waals surface area contributed by atoms with E-state index in [2.05, 4.69) is 28.9 Å². The predicted molar refractivity (Wildman–Crippen MR) is 58.7 cm³/mol. The summed E-state index contributed by atoms with van der Waals surface area (Å²) in [5, 5.41) is 13.3. The van der Waals surface area contributed by atoms with E-state index in [1.807, 2.05) is 0 Å². The highest BCUT2D eigenvalue weighted by molar-refractivity contribution is 4.88. The van der Waals surface area contributed by atoms with Crippen molar-refractivity contribution in [3.05, 3.63) is 11.7 Å². The molecule has 2 rings (SSSR count). The van der Waals surface area contributed by atoms with Crippen molar-refractivity contribution < 1.29 is 9.63 Å². The van der Waals surface area contributed by atoms with Crippen LogP contribution in [-0.4, -0.2) is 39.3 Å². The van der Waals surface area contributed by atoms with Gasteiger partial charge in [-0.05, 0) is 12.3 Å². The second kappa shape index (κ2) is 4.93. The molecule has 0 aliphatic carbocycles. The Bertz CT molecular complexity index is 338. The fourth-order valence-corrected chi connectivity index (χ4v) is 1.95. The van der Waals surface area contributed by atoms with Gasteiger partial charge in [-0.1, -0.05) is 19.0 Å². The van der Waals surface area contributed by atoms with Crippen LogP contribution in [-0.2, 0) is 13.0 Å². The van der Waals surface area contributed by atoms with E-state index in [0.29, 0.717) is 24.9 Å². The summed E-state index contributed by atoms with van der Waals surface area (Å²) in [5.74, 6) is 1.98. The summed E-state index contributed by atoms with van der Waals surface area (Å²) in [7, 11) is 0. The van der Waals surface area contributed by atoms with Gasteiger partial charge in [0.2, 0.25) is 5.89 Å². The van der Waals surface area contributed by atoms with Crippen LogP contribution in [0.15, 0.2) is 4.52 Å². The average molecular weight is 225 g/mol. The minimum atomic E-state index is -0.196. The van der Waals surface area contributed by atoms with Crippen molar-refractivity contribution in [3.63, 3.8) is 0 Å². The van der Waals surface area contributed by atoms with Gasteiger partial charge in [0.15, 0.2) is 5.82 Å².